The summed E-state index contributed by atoms with van der Waals surface area (Å²) in [6, 6.07) is 18.5. The van der Waals surface area contributed by atoms with Gasteiger partial charge >= 0.3 is 0 Å². The average Bonchev–Trinajstić information content (AvgIpc) is 2.44. The predicted octanol–water partition coefficient (Wildman–Crippen LogP) is 4.65. The van der Waals surface area contributed by atoms with Crippen molar-refractivity contribution in [2.45, 2.75) is 13.3 Å². The van der Waals surface area contributed by atoms with Crippen molar-refractivity contribution in [3.8, 4) is 5.75 Å². The van der Waals surface area contributed by atoms with Gasteiger partial charge in [-0.25, -0.2) is 0 Å². The third-order valence-corrected chi connectivity index (χ3v) is 2.60. The molecule has 0 saturated carbocycles. The molecule has 0 aliphatic rings. The first-order valence-corrected chi connectivity index (χ1v) is 6.34. The Morgan fingerprint density at radius 3 is 2.39 bits per heavy atom. The largest absolute Gasteiger partial charge is 0.494 e. The molecule has 0 spiro atoms. The van der Waals surface area contributed by atoms with Crippen LogP contribution in [0.3, 0.4) is 0 Å². The molecule has 0 fully saturated rings. The number of benzene rings is 2. The van der Waals surface area contributed by atoms with Crippen molar-refractivity contribution in [2.24, 2.45) is 0 Å². The van der Waals surface area contributed by atoms with Crippen molar-refractivity contribution < 1.29 is 4.74 Å². The van der Waals surface area contributed by atoms with Gasteiger partial charge in [-0.2, -0.15) is 0 Å². The van der Waals surface area contributed by atoms with Gasteiger partial charge in [-0.15, -0.1) is 0 Å². The van der Waals surface area contributed by atoms with Crippen LogP contribution < -0.4 is 4.74 Å². The SMILES string of the molecule is CCCOc1cccc(/C=C/c2ccccc2)c1. The first kappa shape index (κ1) is 12.4. The summed E-state index contributed by atoms with van der Waals surface area (Å²) in [6.07, 6.45) is 5.25. The normalized spacial score (nSPS) is 10.7. The van der Waals surface area contributed by atoms with E-state index in [1.165, 1.54) is 5.56 Å². The van der Waals surface area contributed by atoms with Crippen LogP contribution in [0, 0.1) is 0 Å². The third-order valence-electron chi connectivity index (χ3n) is 2.60. The van der Waals surface area contributed by atoms with E-state index in [2.05, 4.69) is 43.3 Å². The predicted molar refractivity (Wildman–Crippen MR) is 77.6 cm³/mol. The zero-order valence-corrected chi connectivity index (χ0v) is 10.7. The molecule has 0 bridgehead atoms. The highest BCUT2D eigenvalue weighted by molar-refractivity contribution is 5.70. The molecule has 2 aromatic carbocycles. The molecule has 1 heteroatoms. The summed E-state index contributed by atoms with van der Waals surface area (Å²) in [6.45, 7) is 2.88. The Labute approximate surface area is 109 Å². The van der Waals surface area contributed by atoms with Gasteiger partial charge < -0.3 is 4.74 Å². The molecule has 0 aliphatic carbocycles. The molecule has 0 atom stereocenters. The standard InChI is InChI=1S/C17H18O/c1-2-13-18-17-10-6-9-16(14-17)12-11-15-7-4-3-5-8-15/h3-12,14H,2,13H2,1H3/b12-11+. The van der Waals surface area contributed by atoms with E-state index in [-0.39, 0.29) is 0 Å². The monoisotopic (exact) mass is 238 g/mol. The highest BCUT2D eigenvalue weighted by Crippen LogP contribution is 2.16. The molecule has 0 amide bonds. The van der Waals surface area contributed by atoms with E-state index >= 15 is 0 Å². The molecular formula is C17H18O. The molecule has 0 saturated heterocycles. The zero-order valence-electron chi connectivity index (χ0n) is 10.7. The van der Waals surface area contributed by atoms with Crippen LogP contribution in [0.15, 0.2) is 54.6 Å². The van der Waals surface area contributed by atoms with Crippen molar-refractivity contribution in [2.75, 3.05) is 6.61 Å². The van der Waals surface area contributed by atoms with E-state index in [0.29, 0.717) is 0 Å². The maximum absolute atomic E-state index is 5.61. The second kappa shape index (κ2) is 6.65. The Hall–Kier alpha value is -2.02. The van der Waals surface area contributed by atoms with Crippen molar-refractivity contribution in [3.63, 3.8) is 0 Å². The molecule has 0 aromatic heterocycles. The molecule has 2 rings (SSSR count). The molecule has 0 N–H and O–H groups in total. The molecule has 92 valence electrons. The van der Waals surface area contributed by atoms with E-state index in [0.717, 1.165) is 24.3 Å². The summed E-state index contributed by atoms with van der Waals surface area (Å²) in [7, 11) is 0. The summed E-state index contributed by atoms with van der Waals surface area (Å²) in [5, 5.41) is 0. The Morgan fingerprint density at radius 1 is 0.889 bits per heavy atom. The van der Waals surface area contributed by atoms with Gasteiger partial charge in [0.2, 0.25) is 0 Å². The summed E-state index contributed by atoms with van der Waals surface area (Å²) in [5.74, 6) is 0.937. The molecule has 0 radical (unpaired) electrons. The molecular weight excluding hydrogens is 220 g/mol. The van der Waals surface area contributed by atoms with Gasteiger partial charge in [0.15, 0.2) is 0 Å². The van der Waals surface area contributed by atoms with Crippen LogP contribution in [0.1, 0.15) is 24.5 Å². The molecule has 2 aromatic rings. The topological polar surface area (TPSA) is 9.23 Å². The fourth-order valence-electron chi connectivity index (χ4n) is 1.68. The molecule has 0 unspecified atom stereocenters. The second-order valence-electron chi connectivity index (χ2n) is 4.16. The smallest absolute Gasteiger partial charge is 0.119 e. The summed E-state index contributed by atoms with van der Waals surface area (Å²) in [5.41, 5.74) is 2.37. The highest BCUT2D eigenvalue weighted by Gasteiger charge is 1.93. The molecule has 18 heavy (non-hydrogen) atoms. The fraction of sp³-hybridized carbons (Fsp3) is 0.176. The minimum absolute atomic E-state index is 0.770. The van der Waals surface area contributed by atoms with Crippen LogP contribution >= 0.6 is 0 Å². The summed E-state index contributed by atoms with van der Waals surface area (Å²) >= 11 is 0. The molecule has 0 aliphatic heterocycles. The first-order valence-electron chi connectivity index (χ1n) is 6.34. The van der Waals surface area contributed by atoms with Crippen molar-refractivity contribution in [3.05, 3.63) is 65.7 Å². The molecule has 0 heterocycles. The van der Waals surface area contributed by atoms with E-state index in [4.69, 9.17) is 4.74 Å². The summed E-state index contributed by atoms with van der Waals surface area (Å²) in [4.78, 5) is 0. The average molecular weight is 238 g/mol. The van der Waals surface area contributed by atoms with E-state index in [1.807, 2.05) is 30.3 Å². The van der Waals surface area contributed by atoms with Crippen molar-refractivity contribution >= 4 is 12.2 Å². The maximum Gasteiger partial charge on any atom is 0.119 e. The van der Waals surface area contributed by atoms with E-state index in [9.17, 15) is 0 Å². The number of hydrogen-bond donors (Lipinski definition) is 0. The van der Waals surface area contributed by atoms with E-state index < -0.39 is 0 Å². The van der Waals surface area contributed by atoms with Gasteiger partial charge in [0.25, 0.3) is 0 Å². The minimum Gasteiger partial charge on any atom is -0.494 e. The fourth-order valence-corrected chi connectivity index (χ4v) is 1.68. The number of hydrogen-bond acceptors (Lipinski definition) is 1. The second-order valence-corrected chi connectivity index (χ2v) is 4.16. The third kappa shape index (κ3) is 3.77. The zero-order chi connectivity index (χ0) is 12.6. The Morgan fingerprint density at radius 2 is 1.61 bits per heavy atom. The van der Waals surface area contributed by atoms with Crippen LogP contribution in [0.2, 0.25) is 0 Å². The summed E-state index contributed by atoms with van der Waals surface area (Å²) < 4.78 is 5.61. The van der Waals surface area contributed by atoms with E-state index in [1.54, 1.807) is 0 Å². The molecule has 1 nitrogen and oxygen atoms in total. The highest BCUT2D eigenvalue weighted by atomic mass is 16.5. The van der Waals surface area contributed by atoms with Gasteiger partial charge in [-0.3, -0.25) is 0 Å². The number of rotatable bonds is 5. The van der Waals surface area contributed by atoms with Gasteiger partial charge in [0.05, 0.1) is 6.61 Å². The van der Waals surface area contributed by atoms with Crippen LogP contribution in [0.25, 0.3) is 12.2 Å². The lowest BCUT2D eigenvalue weighted by Gasteiger charge is -2.04. The van der Waals surface area contributed by atoms with Gasteiger partial charge in [0.1, 0.15) is 5.75 Å². The van der Waals surface area contributed by atoms with Gasteiger partial charge in [-0.1, -0.05) is 61.5 Å². The van der Waals surface area contributed by atoms with Crippen LogP contribution in [-0.4, -0.2) is 6.61 Å². The van der Waals surface area contributed by atoms with Gasteiger partial charge in [0, 0.05) is 0 Å². The van der Waals surface area contributed by atoms with Crippen LogP contribution in [0.5, 0.6) is 5.75 Å². The quantitative estimate of drug-likeness (QED) is 0.689. The Bertz CT molecular complexity index is 500. The van der Waals surface area contributed by atoms with Crippen molar-refractivity contribution in [1.29, 1.82) is 0 Å². The lowest BCUT2D eigenvalue weighted by atomic mass is 10.1. The van der Waals surface area contributed by atoms with Crippen molar-refractivity contribution in [1.82, 2.24) is 0 Å². The first-order chi connectivity index (χ1) is 8.88. The maximum atomic E-state index is 5.61. The lowest BCUT2D eigenvalue weighted by Crippen LogP contribution is -1.94. The van der Waals surface area contributed by atoms with Crippen LogP contribution in [-0.2, 0) is 0 Å². The lowest BCUT2D eigenvalue weighted by molar-refractivity contribution is 0.317. The Balaban J connectivity index is 2.07. The number of ether oxygens (including phenoxy) is 1. The Kier molecular flexibility index (Phi) is 4.60. The minimum atomic E-state index is 0.770. The van der Waals surface area contributed by atoms with Crippen LogP contribution in [0.4, 0.5) is 0 Å². The van der Waals surface area contributed by atoms with Gasteiger partial charge in [-0.05, 0) is 29.7 Å².